The summed E-state index contributed by atoms with van der Waals surface area (Å²) in [6, 6.07) is 11.3. The number of hydrogen-bond donors (Lipinski definition) is 0. The Bertz CT molecular complexity index is 921. The van der Waals surface area contributed by atoms with E-state index in [-0.39, 0.29) is 0 Å². The molecule has 2 nitrogen and oxygen atoms in total. The molecule has 1 aromatic heterocycles. The first-order valence-corrected chi connectivity index (χ1v) is 9.43. The molecule has 0 N–H and O–H groups in total. The molecule has 4 rings (SSSR count). The van der Waals surface area contributed by atoms with Crippen LogP contribution in [0.25, 0.3) is 22.2 Å². The monoisotopic (exact) mass is 330 g/mol. The topological polar surface area (TPSA) is 25.8 Å². The molecule has 25 heavy (non-hydrogen) atoms. The quantitative estimate of drug-likeness (QED) is 0.592. The van der Waals surface area contributed by atoms with Gasteiger partial charge in [-0.2, -0.15) is 0 Å². The highest BCUT2D eigenvalue weighted by Crippen LogP contribution is 2.32. The Morgan fingerprint density at radius 1 is 0.960 bits per heavy atom. The zero-order valence-electron chi connectivity index (χ0n) is 15.5. The third kappa shape index (κ3) is 3.18. The predicted molar refractivity (Wildman–Crippen MR) is 105 cm³/mol. The largest absolute Gasteiger partial charge is 0.236 e. The van der Waals surface area contributed by atoms with E-state index in [1.165, 1.54) is 59.9 Å². The Kier molecular flexibility index (Phi) is 4.29. The number of rotatable bonds is 3. The standard InChI is InChI=1S/C23H26N2/c1-15-10-16(2)17(3)21(11-15)23-20-9-8-19(12-18-6-4-5-7-18)13-22(20)24-14-25-23/h8-11,13-14,18H,4-7,12H2,1-3H3. The van der Waals surface area contributed by atoms with Crippen LogP contribution in [0.15, 0.2) is 36.7 Å². The summed E-state index contributed by atoms with van der Waals surface area (Å²) in [5, 5.41) is 1.16. The lowest BCUT2D eigenvalue weighted by atomic mass is 9.94. The number of aryl methyl sites for hydroxylation is 2. The molecular weight excluding hydrogens is 304 g/mol. The van der Waals surface area contributed by atoms with Gasteiger partial charge in [0.25, 0.3) is 0 Å². The van der Waals surface area contributed by atoms with E-state index in [1.54, 1.807) is 6.33 Å². The van der Waals surface area contributed by atoms with E-state index in [2.05, 4.69) is 61.1 Å². The summed E-state index contributed by atoms with van der Waals surface area (Å²) < 4.78 is 0. The summed E-state index contributed by atoms with van der Waals surface area (Å²) >= 11 is 0. The molecule has 1 heterocycles. The summed E-state index contributed by atoms with van der Waals surface area (Å²) in [5.41, 5.74) is 8.68. The molecule has 0 saturated heterocycles. The lowest BCUT2D eigenvalue weighted by molar-refractivity contribution is 0.547. The summed E-state index contributed by atoms with van der Waals surface area (Å²) in [6.45, 7) is 6.51. The number of nitrogens with zero attached hydrogens (tertiary/aromatic N) is 2. The van der Waals surface area contributed by atoms with Gasteiger partial charge in [-0.3, -0.25) is 0 Å². The maximum Gasteiger partial charge on any atom is 0.116 e. The van der Waals surface area contributed by atoms with Crippen LogP contribution >= 0.6 is 0 Å². The van der Waals surface area contributed by atoms with Gasteiger partial charge in [0.2, 0.25) is 0 Å². The smallest absolute Gasteiger partial charge is 0.116 e. The van der Waals surface area contributed by atoms with Gasteiger partial charge in [0.15, 0.2) is 0 Å². The van der Waals surface area contributed by atoms with Gasteiger partial charge in [0, 0.05) is 10.9 Å². The highest BCUT2D eigenvalue weighted by atomic mass is 14.8. The van der Waals surface area contributed by atoms with E-state index in [0.29, 0.717) is 0 Å². The zero-order chi connectivity index (χ0) is 17.4. The maximum atomic E-state index is 4.64. The van der Waals surface area contributed by atoms with E-state index in [0.717, 1.165) is 22.5 Å². The Balaban J connectivity index is 1.78. The SMILES string of the molecule is Cc1cc(C)c(C)c(-c2ncnc3cc(CC4CCCC4)ccc23)c1. The van der Waals surface area contributed by atoms with E-state index >= 15 is 0 Å². The molecule has 2 aromatic carbocycles. The van der Waals surface area contributed by atoms with Crippen molar-refractivity contribution in [2.75, 3.05) is 0 Å². The Morgan fingerprint density at radius 3 is 2.56 bits per heavy atom. The van der Waals surface area contributed by atoms with Gasteiger partial charge >= 0.3 is 0 Å². The predicted octanol–water partition coefficient (Wildman–Crippen LogP) is 5.95. The minimum absolute atomic E-state index is 0.862. The number of aromatic nitrogens is 2. The average Bonchev–Trinajstić information content (AvgIpc) is 3.10. The first kappa shape index (κ1) is 16.3. The van der Waals surface area contributed by atoms with Crippen molar-refractivity contribution in [1.82, 2.24) is 9.97 Å². The highest BCUT2D eigenvalue weighted by Gasteiger charge is 2.16. The minimum Gasteiger partial charge on any atom is -0.236 e. The Hall–Kier alpha value is -2.22. The van der Waals surface area contributed by atoms with Gasteiger partial charge in [-0.15, -0.1) is 0 Å². The van der Waals surface area contributed by atoms with Crippen molar-refractivity contribution in [1.29, 1.82) is 0 Å². The molecule has 2 heteroatoms. The van der Waals surface area contributed by atoms with Crippen LogP contribution in [0.1, 0.15) is 47.9 Å². The highest BCUT2D eigenvalue weighted by molar-refractivity contribution is 5.93. The van der Waals surface area contributed by atoms with Gasteiger partial charge in [-0.05, 0) is 61.9 Å². The molecule has 1 fully saturated rings. The second kappa shape index (κ2) is 6.59. The summed E-state index contributed by atoms with van der Waals surface area (Å²) in [7, 11) is 0. The van der Waals surface area contributed by atoms with E-state index in [1.807, 2.05) is 0 Å². The van der Waals surface area contributed by atoms with Crippen LogP contribution in [-0.4, -0.2) is 9.97 Å². The molecule has 0 unspecified atom stereocenters. The van der Waals surface area contributed by atoms with E-state index < -0.39 is 0 Å². The minimum atomic E-state index is 0.862. The molecule has 0 amide bonds. The van der Waals surface area contributed by atoms with Gasteiger partial charge in [-0.25, -0.2) is 9.97 Å². The maximum absolute atomic E-state index is 4.64. The second-order valence-electron chi connectivity index (χ2n) is 7.68. The molecule has 0 radical (unpaired) electrons. The molecule has 128 valence electrons. The third-order valence-corrected chi connectivity index (χ3v) is 5.77. The third-order valence-electron chi connectivity index (χ3n) is 5.77. The molecule has 0 aliphatic heterocycles. The molecular formula is C23H26N2. The first-order valence-electron chi connectivity index (χ1n) is 9.43. The van der Waals surface area contributed by atoms with Crippen molar-refractivity contribution in [3.05, 3.63) is 58.9 Å². The van der Waals surface area contributed by atoms with Crippen LogP contribution in [-0.2, 0) is 6.42 Å². The van der Waals surface area contributed by atoms with Crippen LogP contribution in [0.4, 0.5) is 0 Å². The fraction of sp³-hybridized carbons (Fsp3) is 0.391. The van der Waals surface area contributed by atoms with Crippen LogP contribution in [0, 0.1) is 26.7 Å². The van der Waals surface area contributed by atoms with Gasteiger partial charge in [-0.1, -0.05) is 49.4 Å². The van der Waals surface area contributed by atoms with Crippen molar-refractivity contribution >= 4 is 10.9 Å². The fourth-order valence-corrected chi connectivity index (χ4v) is 4.28. The number of benzene rings is 2. The molecule has 1 aliphatic carbocycles. The zero-order valence-corrected chi connectivity index (χ0v) is 15.5. The summed E-state index contributed by atoms with van der Waals surface area (Å²) in [5.74, 6) is 0.862. The van der Waals surface area contributed by atoms with Gasteiger partial charge in [0.1, 0.15) is 6.33 Å². The number of hydrogen-bond acceptors (Lipinski definition) is 2. The number of fused-ring (bicyclic) bond motifs is 1. The van der Waals surface area contributed by atoms with E-state index in [9.17, 15) is 0 Å². The van der Waals surface area contributed by atoms with Gasteiger partial charge < -0.3 is 0 Å². The average molecular weight is 330 g/mol. The van der Waals surface area contributed by atoms with Crippen LogP contribution in [0.2, 0.25) is 0 Å². The summed E-state index contributed by atoms with van der Waals surface area (Å²) in [6.07, 6.45) is 8.47. The van der Waals surface area contributed by atoms with Crippen LogP contribution in [0.5, 0.6) is 0 Å². The van der Waals surface area contributed by atoms with Crippen molar-refractivity contribution in [2.24, 2.45) is 5.92 Å². The Labute approximate surface area is 150 Å². The molecule has 0 bridgehead atoms. The molecule has 3 aromatic rings. The van der Waals surface area contributed by atoms with Crippen molar-refractivity contribution in [2.45, 2.75) is 52.9 Å². The van der Waals surface area contributed by atoms with Crippen molar-refractivity contribution < 1.29 is 0 Å². The Morgan fingerprint density at radius 2 is 1.76 bits per heavy atom. The van der Waals surface area contributed by atoms with Crippen molar-refractivity contribution in [3.8, 4) is 11.3 Å². The molecule has 0 atom stereocenters. The lowest BCUT2D eigenvalue weighted by Gasteiger charge is -2.13. The van der Waals surface area contributed by atoms with Crippen molar-refractivity contribution in [3.63, 3.8) is 0 Å². The van der Waals surface area contributed by atoms with Crippen LogP contribution in [0.3, 0.4) is 0 Å². The fourth-order valence-electron chi connectivity index (χ4n) is 4.28. The molecule has 0 spiro atoms. The second-order valence-corrected chi connectivity index (χ2v) is 7.68. The first-order chi connectivity index (χ1) is 12.1. The molecule has 1 saturated carbocycles. The van der Waals surface area contributed by atoms with Gasteiger partial charge in [0.05, 0.1) is 11.2 Å². The normalized spacial score (nSPS) is 15.2. The van der Waals surface area contributed by atoms with E-state index in [4.69, 9.17) is 0 Å². The summed E-state index contributed by atoms with van der Waals surface area (Å²) in [4.78, 5) is 9.21. The molecule has 1 aliphatic rings. The van der Waals surface area contributed by atoms with Crippen LogP contribution < -0.4 is 0 Å². The lowest BCUT2D eigenvalue weighted by Crippen LogP contribution is -1.99.